The van der Waals surface area contributed by atoms with Gasteiger partial charge in [-0.2, -0.15) is 0 Å². The van der Waals surface area contributed by atoms with Crippen LogP contribution in [0.25, 0.3) is 0 Å². The molecule has 1 aliphatic heterocycles. The monoisotopic (exact) mass is 384 g/mol. The molecule has 1 saturated heterocycles. The van der Waals surface area contributed by atoms with E-state index < -0.39 is 17.8 Å². The Morgan fingerprint density at radius 2 is 2.12 bits per heavy atom. The summed E-state index contributed by atoms with van der Waals surface area (Å²) >= 11 is 6.12. The molecule has 1 amide bonds. The molecule has 0 bridgehead atoms. The number of carbonyl (C=O) groups is 2. The van der Waals surface area contributed by atoms with E-state index in [1.165, 1.54) is 12.3 Å². The summed E-state index contributed by atoms with van der Waals surface area (Å²) in [6.45, 7) is 5.66. The van der Waals surface area contributed by atoms with Crippen LogP contribution in [0.5, 0.6) is 5.88 Å². The third-order valence-corrected chi connectivity index (χ3v) is 4.53. The molecule has 1 aliphatic rings. The molecular weight excluding hydrogens is 360 g/mol. The molecule has 1 atom stereocenters. The van der Waals surface area contributed by atoms with Crippen LogP contribution < -0.4 is 10.1 Å². The number of hydrogen-bond donors (Lipinski definition) is 2. The molecule has 144 valence electrons. The molecule has 0 saturated carbocycles. The van der Waals surface area contributed by atoms with Gasteiger partial charge in [-0.15, -0.1) is 0 Å². The number of rotatable bonds is 8. The molecule has 8 heteroatoms. The Balaban J connectivity index is 1.95. The molecule has 0 aromatic carbocycles. The van der Waals surface area contributed by atoms with Crippen LogP contribution >= 0.6 is 11.6 Å². The quantitative estimate of drug-likeness (QED) is 0.715. The van der Waals surface area contributed by atoms with Crippen LogP contribution in [0.2, 0.25) is 5.02 Å². The average Bonchev–Trinajstić information content (AvgIpc) is 2.61. The number of pyridine rings is 1. The number of amides is 1. The van der Waals surface area contributed by atoms with E-state index in [-0.39, 0.29) is 28.9 Å². The zero-order valence-electron chi connectivity index (χ0n) is 15.0. The summed E-state index contributed by atoms with van der Waals surface area (Å²) in [5, 5.41) is 12.4. The highest BCUT2D eigenvalue weighted by Crippen LogP contribution is 2.25. The molecule has 1 aromatic heterocycles. The van der Waals surface area contributed by atoms with Crippen LogP contribution in [0.4, 0.5) is 0 Å². The summed E-state index contributed by atoms with van der Waals surface area (Å²) < 4.78 is 10.7. The van der Waals surface area contributed by atoms with Gasteiger partial charge in [0, 0.05) is 26.0 Å². The molecule has 7 nitrogen and oxygen atoms in total. The third-order valence-electron chi connectivity index (χ3n) is 4.26. The molecule has 2 rings (SSSR count). The average molecular weight is 385 g/mol. The van der Waals surface area contributed by atoms with Gasteiger partial charge in [-0.25, -0.2) is 4.98 Å². The summed E-state index contributed by atoms with van der Waals surface area (Å²) in [5.41, 5.74) is 0.267. The van der Waals surface area contributed by atoms with Crippen molar-refractivity contribution in [2.24, 2.45) is 17.8 Å². The van der Waals surface area contributed by atoms with Crippen LogP contribution in [0.15, 0.2) is 12.3 Å². The minimum absolute atomic E-state index is 0.00456. The number of nitrogens with zero attached hydrogens (tertiary/aromatic N) is 1. The number of carboxylic acids is 1. The number of aromatic nitrogens is 1. The van der Waals surface area contributed by atoms with Crippen molar-refractivity contribution in [1.29, 1.82) is 0 Å². The fourth-order valence-corrected chi connectivity index (χ4v) is 3.00. The van der Waals surface area contributed by atoms with Crippen molar-refractivity contribution in [3.8, 4) is 5.88 Å². The highest BCUT2D eigenvalue weighted by Gasteiger charge is 2.30. The van der Waals surface area contributed by atoms with Gasteiger partial charge in [0.25, 0.3) is 5.91 Å². The second kappa shape index (κ2) is 9.73. The van der Waals surface area contributed by atoms with E-state index >= 15 is 0 Å². The Morgan fingerprint density at radius 1 is 1.42 bits per heavy atom. The van der Waals surface area contributed by atoms with Crippen molar-refractivity contribution in [2.75, 3.05) is 26.4 Å². The van der Waals surface area contributed by atoms with Crippen LogP contribution in [-0.4, -0.2) is 48.3 Å². The largest absolute Gasteiger partial charge is 0.481 e. The smallest absolute Gasteiger partial charge is 0.308 e. The molecule has 2 N–H and O–H groups in total. The van der Waals surface area contributed by atoms with Crippen LogP contribution in [0, 0.1) is 17.8 Å². The molecular formula is C18H25ClN2O5. The van der Waals surface area contributed by atoms with Crippen LogP contribution in [0.3, 0.4) is 0 Å². The lowest BCUT2D eigenvalue weighted by Gasteiger charge is -2.27. The maximum absolute atomic E-state index is 12.3. The molecule has 2 heterocycles. The Labute approximate surface area is 158 Å². The lowest BCUT2D eigenvalue weighted by Crippen LogP contribution is -2.39. The number of hydrogen-bond acceptors (Lipinski definition) is 5. The first-order valence-corrected chi connectivity index (χ1v) is 9.13. The predicted molar refractivity (Wildman–Crippen MR) is 96.6 cm³/mol. The van der Waals surface area contributed by atoms with E-state index in [0.717, 1.165) is 0 Å². The van der Waals surface area contributed by atoms with Gasteiger partial charge in [-0.1, -0.05) is 25.4 Å². The fraction of sp³-hybridized carbons (Fsp3) is 0.611. The summed E-state index contributed by atoms with van der Waals surface area (Å²) in [6.07, 6.45) is 2.74. The summed E-state index contributed by atoms with van der Waals surface area (Å²) in [7, 11) is 0. The molecule has 26 heavy (non-hydrogen) atoms. The van der Waals surface area contributed by atoms with Gasteiger partial charge >= 0.3 is 5.97 Å². The Morgan fingerprint density at radius 3 is 2.69 bits per heavy atom. The van der Waals surface area contributed by atoms with Crippen LogP contribution in [0.1, 0.15) is 37.0 Å². The molecule has 0 radical (unpaired) electrons. The van der Waals surface area contributed by atoms with Gasteiger partial charge < -0.3 is 19.9 Å². The maximum Gasteiger partial charge on any atom is 0.308 e. The van der Waals surface area contributed by atoms with Crippen molar-refractivity contribution in [3.63, 3.8) is 0 Å². The van der Waals surface area contributed by atoms with Gasteiger partial charge in [-0.05, 0) is 30.7 Å². The summed E-state index contributed by atoms with van der Waals surface area (Å²) in [5.74, 6) is -1.36. The molecule has 1 fully saturated rings. The number of nitrogens with one attached hydrogen (secondary N) is 1. The van der Waals surface area contributed by atoms with Crippen molar-refractivity contribution >= 4 is 23.5 Å². The van der Waals surface area contributed by atoms with Gasteiger partial charge in [0.15, 0.2) is 0 Å². The normalized spacial score (nSPS) is 16.3. The number of ether oxygens (including phenoxy) is 2. The second-order valence-corrected chi connectivity index (χ2v) is 7.23. The lowest BCUT2D eigenvalue weighted by atomic mass is 9.86. The molecule has 0 aliphatic carbocycles. The van der Waals surface area contributed by atoms with Crippen LogP contribution in [-0.2, 0) is 9.53 Å². The van der Waals surface area contributed by atoms with Gasteiger partial charge in [0.2, 0.25) is 5.88 Å². The van der Waals surface area contributed by atoms with Gasteiger partial charge in [0.05, 0.1) is 18.1 Å². The minimum atomic E-state index is -0.911. The number of aliphatic carboxylic acids is 1. The van der Waals surface area contributed by atoms with E-state index in [1.807, 2.05) is 13.8 Å². The van der Waals surface area contributed by atoms with E-state index in [2.05, 4.69) is 10.3 Å². The zero-order valence-corrected chi connectivity index (χ0v) is 15.8. The Bertz CT molecular complexity index is 632. The summed E-state index contributed by atoms with van der Waals surface area (Å²) in [6, 6.07) is 1.48. The molecule has 0 spiro atoms. The van der Waals surface area contributed by atoms with Crippen molar-refractivity contribution < 1.29 is 24.2 Å². The Hall–Kier alpha value is -1.86. The SMILES string of the molecule is CC(C)COc1ncc(C(=O)NCC(C(=O)O)C2CCOCC2)cc1Cl. The number of carbonyl (C=O) groups excluding carboxylic acids is 1. The second-order valence-electron chi connectivity index (χ2n) is 6.82. The van der Waals surface area contributed by atoms with Crippen molar-refractivity contribution in [2.45, 2.75) is 26.7 Å². The highest BCUT2D eigenvalue weighted by molar-refractivity contribution is 6.32. The Kier molecular flexibility index (Phi) is 7.66. The fourth-order valence-electron chi connectivity index (χ4n) is 2.78. The first-order valence-electron chi connectivity index (χ1n) is 8.75. The lowest BCUT2D eigenvalue weighted by molar-refractivity contribution is -0.144. The first-order chi connectivity index (χ1) is 12.4. The van der Waals surface area contributed by atoms with E-state index in [9.17, 15) is 14.7 Å². The number of halogens is 1. The van der Waals surface area contributed by atoms with Gasteiger partial charge in [-0.3, -0.25) is 9.59 Å². The standard InChI is InChI=1S/C18H25ClN2O5/c1-11(2)10-26-17-15(19)7-13(8-21-17)16(22)20-9-14(18(23)24)12-3-5-25-6-4-12/h7-8,11-12,14H,3-6,9-10H2,1-2H3,(H,20,22)(H,23,24). The van der Waals surface area contributed by atoms with E-state index in [0.29, 0.717) is 38.6 Å². The van der Waals surface area contributed by atoms with E-state index in [4.69, 9.17) is 21.1 Å². The van der Waals surface area contributed by atoms with E-state index in [1.54, 1.807) is 0 Å². The number of carboxylic acid groups (broad SMARTS) is 1. The molecule has 1 unspecified atom stereocenters. The predicted octanol–water partition coefficient (Wildman–Crippen LogP) is 2.63. The minimum Gasteiger partial charge on any atom is -0.481 e. The topological polar surface area (TPSA) is 97.8 Å². The summed E-state index contributed by atoms with van der Waals surface area (Å²) in [4.78, 5) is 27.9. The highest BCUT2D eigenvalue weighted by atomic mass is 35.5. The zero-order chi connectivity index (χ0) is 19.1. The maximum atomic E-state index is 12.3. The first kappa shape index (κ1) is 20.5. The third kappa shape index (κ3) is 5.85. The van der Waals surface area contributed by atoms with Gasteiger partial charge in [0.1, 0.15) is 5.02 Å². The van der Waals surface area contributed by atoms with Crippen molar-refractivity contribution in [3.05, 3.63) is 22.8 Å². The molecule has 1 aromatic rings. The van der Waals surface area contributed by atoms with Crippen molar-refractivity contribution in [1.82, 2.24) is 10.3 Å².